The number of carboxylic acid groups (broad SMARTS) is 1. The smallest absolute Gasteiger partial charge is 0.408 e. The molecule has 1 aromatic heterocycles. The molecule has 7 unspecified atom stereocenters. The van der Waals surface area contributed by atoms with Crippen molar-refractivity contribution in [3.05, 3.63) is 42.6 Å². The molecule has 2 aliphatic carbocycles. The van der Waals surface area contributed by atoms with E-state index in [1.807, 2.05) is 19.1 Å². The summed E-state index contributed by atoms with van der Waals surface area (Å²) in [6, 6.07) is 4.33. The van der Waals surface area contributed by atoms with Gasteiger partial charge in [-0.1, -0.05) is 26.0 Å². The van der Waals surface area contributed by atoms with E-state index in [9.17, 15) is 32.4 Å². The Kier molecular flexibility index (Phi) is 11.5. The second-order valence-corrected chi connectivity index (χ2v) is 19.5. The summed E-state index contributed by atoms with van der Waals surface area (Å²) in [5, 5.41) is 15.9. The first-order valence-electron chi connectivity index (χ1n) is 19.5. The zero-order chi connectivity index (χ0) is 41.5. The first-order valence-corrected chi connectivity index (χ1v) is 20.9. The number of ether oxygens (including phenoxy) is 3. The fraction of sp³-hybridized carbons (Fsp3) is 0.600. The highest BCUT2D eigenvalue weighted by Gasteiger charge is 2.63. The van der Waals surface area contributed by atoms with E-state index in [0.717, 1.165) is 6.42 Å². The molecule has 16 nitrogen and oxygen atoms in total. The van der Waals surface area contributed by atoms with Crippen LogP contribution < -0.4 is 24.8 Å². The van der Waals surface area contributed by atoms with Crippen molar-refractivity contribution >= 4 is 50.6 Å². The summed E-state index contributed by atoms with van der Waals surface area (Å²) in [6.45, 7) is 10.0. The molecule has 3 fully saturated rings. The van der Waals surface area contributed by atoms with Gasteiger partial charge in [0.15, 0.2) is 6.61 Å². The molecule has 6 rings (SSSR count). The van der Waals surface area contributed by atoms with Crippen LogP contribution in [0.5, 0.6) is 11.6 Å². The first kappa shape index (κ1) is 41.7. The van der Waals surface area contributed by atoms with Gasteiger partial charge < -0.3 is 34.9 Å². The molecule has 17 heteroatoms. The van der Waals surface area contributed by atoms with Crippen LogP contribution in [0.15, 0.2) is 42.6 Å². The van der Waals surface area contributed by atoms with E-state index < -0.39 is 86.4 Å². The number of fused-ring (bicyclic) bond motifs is 3. The average Bonchev–Trinajstić information content (AvgIpc) is 4.00. The highest BCUT2D eigenvalue weighted by molar-refractivity contribution is 7.91. The number of carbonyl (C=O) groups is 5. The van der Waals surface area contributed by atoms with Crippen molar-refractivity contribution in [2.75, 3.05) is 13.2 Å². The minimum atomic E-state index is -4.03. The molecule has 2 aliphatic heterocycles. The Morgan fingerprint density at radius 2 is 1.84 bits per heavy atom. The molecule has 2 aromatic rings. The zero-order valence-electron chi connectivity index (χ0n) is 33.2. The van der Waals surface area contributed by atoms with E-state index in [2.05, 4.69) is 27.3 Å². The number of carbonyl (C=O) groups excluding carboxylic acids is 4. The molecule has 0 spiro atoms. The number of sulfonamides is 1. The molecule has 4 N–H and O–H groups in total. The number of rotatable bonds is 9. The van der Waals surface area contributed by atoms with Crippen LogP contribution in [0.4, 0.5) is 4.79 Å². The summed E-state index contributed by atoms with van der Waals surface area (Å²) in [5.74, 6) is -3.37. The lowest BCUT2D eigenvalue weighted by Gasteiger charge is -2.33. The molecule has 1 aromatic carbocycles. The van der Waals surface area contributed by atoms with Crippen molar-refractivity contribution < 1.29 is 51.7 Å². The van der Waals surface area contributed by atoms with Crippen LogP contribution >= 0.6 is 0 Å². The van der Waals surface area contributed by atoms with Crippen LogP contribution in [0, 0.1) is 17.8 Å². The lowest BCUT2D eigenvalue weighted by molar-refractivity contribution is -0.142. The lowest BCUT2D eigenvalue weighted by Crippen LogP contribution is -2.59. The Labute approximate surface area is 332 Å². The van der Waals surface area contributed by atoms with Gasteiger partial charge >= 0.3 is 12.1 Å². The number of pyridine rings is 1. The number of hydrogen-bond donors (Lipinski definition) is 4. The molecule has 0 radical (unpaired) electrons. The van der Waals surface area contributed by atoms with Gasteiger partial charge in [0.25, 0.3) is 5.91 Å². The number of aromatic nitrogens is 1. The Bertz CT molecular complexity index is 2060. The Balaban J connectivity index is 1.33. The summed E-state index contributed by atoms with van der Waals surface area (Å²) in [7, 11) is -4.03. The number of benzene rings is 1. The second kappa shape index (κ2) is 15.8. The van der Waals surface area contributed by atoms with Gasteiger partial charge in [0.1, 0.15) is 35.1 Å². The number of amides is 4. The summed E-state index contributed by atoms with van der Waals surface area (Å²) in [6.07, 6.45) is 6.66. The number of allylic oxidation sites excluding steroid dienone is 1. The molecule has 4 amide bonds. The number of nitrogens with one attached hydrogen (secondary N) is 3. The number of nitrogens with zero attached hydrogens (tertiary/aromatic N) is 2. The van der Waals surface area contributed by atoms with Crippen LogP contribution in [0.3, 0.4) is 0 Å². The van der Waals surface area contributed by atoms with Gasteiger partial charge in [-0.25, -0.2) is 23.0 Å². The highest BCUT2D eigenvalue weighted by atomic mass is 32.2. The van der Waals surface area contributed by atoms with E-state index >= 15 is 0 Å². The molecule has 7 atom stereocenters. The van der Waals surface area contributed by atoms with Crippen molar-refractivity contribution in [2.45, 2.75) is 121 Å². The minimum absolute atomic E-state index is 0.0199. The van der Waals surface area contributed by atoms with Crippen LogP contribution in [0.2, 0.25) is 0 Å². The molecule has 3 heterocycles. The van der Waals surface area contributed by atoms with Crippen LogP contribution in [0.25, 0.3) is 10.8 Å². The number of hydrogen-bond acceptors (Lipinski definition) is 11. The maximum atomic E-state index is 14.8. The summed E-state index contributed by atoms with van der Waals surface area (Å²) in [5.41, 5.74) is -2.41. The molecule has 57 heavy (non-hydrogen) atoms. The predicted octanol–water partition coefficient (Wildman–Crippen LogP) is 3.83. The van der Waals surface area contributed by atoms with Gasteiger partial charge in [0.2, 0.25) is 27.7 Å². The van der Waals surface area contributed by atoms with Crippen molar-refractivity contribution in [2.24, 2.45) is 17.8 Å². The van der Waals surface area contributed by atoms with Gasteiger partial charge in [0, 0.05) is 23.9 Å². The zero-order valence-corrected chi connectivity index (χ0v) is 34.0. The van der Waals surface area contributed by atoms with Crippen molar-refractivity contribution in [1.29, 1.82) is 0 Å². The van der Waals surface area contributed by atoms with Crippen molar-refractivity contribution in [3.8, 4) is 11.6 Å². The largest absolute Gasteiger partial charge is 0.482 e. The SMILES string of the molecule is CC1CCC=CC2CC2(C(=O)NS(=O)(=O)C2(C)CC2)NC(=O)C2CC(Oc3nccc4cc(OCC(=O)O)ccc34)CN2C(=O)C(NC(=O)OC(C)(C)C)C(C)C1. The first-order chi connectivity index (χ1) is 26.7. The van der Waals surface area contributed by atoms with Gasteiger partial charge in [-0.3, -0.25) is 19.1 Å². The van der Waals surface area contributed by atoms with Crippen molar-refractivity contribution in [1.82, 2.24) is 25.2 Å². The summed E-state index contributed by atoms with van der Waals surface area (Å²) < 4.78 is 44.9. The minimum Gasteiger partial charge on any atom is -0.482 e. The predicted molar refractivity (Wildman–Crippen MR) is 208 cm³/mol. The van der Waals surface area contributed by atoms with Gasteiger partial charge in [-0.15, -0.1) is 0 Å². The van der Waals surface area contributed by atoms with Crippen molar-refractivity contribution in [3.63, 3.8) is 0 Å². The van der Waals surface area contributed by atoms with Crippen LogP contribution in [-0.4, -0.2) is 100 Å². The van der Waals surface area contributed by atoms with Crippen LogP contribution in [-0.2, 0) is 33.9 Å². The van der Waals surface area contributed by atoms with E-state index in [1.54, 1.807) is 52.0 Å². The Morgan fingerprint density at radius 3 is 2.53 bits per heavy atom. The van der Waals surface area contributed by atoms with E-state index in [0.29, 0.717) is 42.2 Å². The topological polar surface area (TPSA) is 220 Å². The number of carboxylic acids is 1. The highest BCUT2D eigenvalue weighted by Crippen LogP contribution is 2.47. The van der Waals surface area contributed by atoms with E-state index in [1.165, 1.54) is 11.1 Å². The monoisotopic (exact) mass is 811 g/mol. The van der Waals surface area contributed by atoms with E-state index in [4.69, 9.17) is 19.3 Å². The Morgan fingerprint density at radius 1 is 1.11 bits per heavy atom. The standard InChI is InChI=1S/C40H53N5O11S/c1-23-9-7-8-10-26-20-40(26,36(50)44-57(52,53)39(6)14-15-39)43-33(48)30-19-28(21-45(30)35(49)32(24(2)17-23)42-37(51)56-38(3,4)5)55-34-29-12-11-27(54-22-31(46)47)18-25(29)13-16-41-34/h8,10-13,16,18,23-24,26,28,30,32H,7,9,14-15,17,19-22H2,1-6H3,(H,42,51)(H,43,48)(H,44,50)(H,46,47). The number of aliphatic carboxylic acids is 1. The maximum absolute atomic E-state index is 14.8. The fourth-order valence-electron chi connectivity index (χ4n) is 7.65. The molecule has 4 aliphatic rings. The number of alkyl carbamates (subject to hydrolysis) is 1. The molecule has 0 bridgehead atoms. The Hall–Kier alpha value is -4.93. The molecule has 310 valence electrons. The third-order valence-electron chi connectivity index (χ3n) is 11.3. The van der Waals surface area contributed by atoms with Gasteiger partial charge in [-0.2, -0.15) is 0 Å². The third-order valence-corrected chi connectivity index (χ3v) is 13.4. The van der Waals surface area contributed by atoms with E-state index in [-0.39, 0.29) is 37.1 Å². The molecular formula is C40H53N5O11S. The fourth-order valence-corrected chi connectivity index (χ4v) is 8.96. The average molecular weight is 812 g/mol. The molecule has 1 saturated heterocycles. The van der Waals surface area contributed by atoms with Gasteiger partial charge in [-0.05, 0) is 108 Å². The molecular weight excluding hydrogens is 759 g/mol. The summed E-state index contributed by atoms with van der Waals surface area (Å²) in [4.78, 5) is 73.2. The summed E-state index contributed by atoms with van der Waals surface area (Å²) >= 11 is 0. The normalized spacial score (nSPS) is 28.8. The quantitative estimate of drug-likeness (QED) is 0.266. The maximum Gasteiger partial charge on any atom is 0.408 e. The third kappa shape index (κ3) is 9.45. The van der Waals surface area contributed by atoms with Gasteiger partial charge in [0.05, 0.1) is 11.3 Å². The van der Waals surface area contributed by atoms with Crippen LogP contribution in [0.1, 0.15) is 86.5 Å². The molecule has 2 saturated carbocycles. The second-order valence-electron chi connectivity index (χ2n) is 17.3. The lowest BCUT2D eigenvalue weighted by atomic mass is 9.88.